The summed E-state index contributed by atoms with van der Waals surface area (Å²) in [5.41, 5.74) is 1.62. The molecule has 0 bridgehead atoms. The zero-order chi connectivity index (χ0) is 8.84. The fourth-order valence-corrected chi connectivity index (χ4v) is 1.44. The van der Waals surface area contributed by atoms with Crippen molar-refractivity contribution in [3.8, 4) is 0 Å². The summed E-state index contributed by atoms with van der Waals surface area (Å²) in [6.45, 7) is 0. The van der Waals surface area contributed by atoms with Gasteiger partial charge in [-0.05, 0) is 5.10 Å². The van der Waals surface area contributed by atoms with Crippen molar-refractivity contribution in [1.29, 1.82) is 0 Å². The van der Waals surface area contributed by atoms with E-state index in [1.54, 1.807) is 23.3 Å². The van der Waals surface area contributed by atoms with Crippen LogP contribution >= 0.6 is 0 Å². The molecule has 0 aliphatic heterocycles. The summed E-state index contributed by atoms with van der Waals surface area (Å²) in [4.78, 5) is 8.43. The summed E-state index contributed by atoms with van der Waals surface area (Å²) >= 11 is 0. The molecule has 0 amide bonds. The molecule has 64 valence electrons. The van der Waals surface area contributed by atoms with E-state index in [1.807, 2.05) is 22.4 Å². The Morgan fingerprint density at radius 2 is 2.08 bits per heavy atom. The first-order valence-electron chi connectivity index (χ1n) is 3.89. The third kappa shape index (κ3) is 0.670. The molecular weight excluding hydrogens is 168 g/mol. The van der Waals surface area contributed by atoms with Gasteiger partial charge in [-0.15, -0.1) is 9.50 Å². The normalized spacial score (nSPS) is 11.5. The van der Waals surface area contributed by atoms with Crippen molar-refractivity contribution in [2.45, 2.75) is 0 Å². The Morgan fingerprint density at radius 1 is 1.23 bits per heavy atom. The highest BCUT2D eigenvalue weighted by Gasteiger charge is 2.15. The molecule has 3 rings (SSSR count). The molecule has 3 aromatic rings. The minimum absolute atomic E-state index is 0.808. The lowest BCUT2D eigenvalue weighted by atomic mass is 10.6. The van der Waals surface area contributed by atoms with Crippen LogP contribution in [0.5, 0.6) is 0 Å². The van der Waals surface area contributed by atoms with Crippen molar-refractivity contribution in [3.63, 3.8) is 0 Å². The molecule has 0 aliphatic carbocycles. The topological polar surface area (TPSA) is 52.1 Å². The molecule has 0 unspecified atom stereocenters. The molecule has 0 aliphatic rings. The zero-order valence-corrected chi connectivity index (χ0v) is 6.99. The number of aryl methyl sites for hydroxylation is 1. The molecule has 3 heterocycles. The molecule has 0 aromatic carbocycles. The standard InChI is InChI=1S/C7H7N6/c1-11-6-7(9-3-2-8-6)12-5-4-10-13(11)12/h2-5H,1H3/q+1. The Kier molecular flexibility index (Phi) is 1.02. The van der Waals surface area contributed by atoms with Gasteiger partial charge in [0.2, 0.25) is 0 Å². The van der Waals surface area contributed by atoms with Gasteiger partial charge in [-0.1, -0.05) is 0 Å². The SMILES string of the molecule is Cn1c2nccnc2[n+]2ccnn12. The molecule has 3 aromatic heterocycles. The minimum Gasteiger partial charge on any atom is -0.219 e. The number of aromatic nitrogens is 6. The van der Waals surface area contributed by atoms with Gasteiger partial charge in [0, 0.05) is 4.74 Å². The van der Waals surface area contributed by atoms with E-state index in [4.69, 9.17) is 0 Å². The smallest absolute Gasteiger partial charge is 0.219 e. The maximum Gasteiger partial charge on any atom is 0.311 e. The molecule has 6 heteroatoms. The summed E-state index contributed by atoms with van der Waals surface area (Å²) in [5, 5.41) is 4.12. The van der Waals surface area contributed by atoms with Gasteiger partial charge in [0.25, 0.3) is 5.65 Å². The fraction of sp³-hybridized carbons (Fsp3) is 0.143. The Bertz CT molecular complexity index is 577. The number of fused-ring (bicyclic) bond motifs is 3. The Labute approximate surface area is 73.0 Å². The van der Waals surface area contributed by atoms with E-state index in [0.29, 0.717) is 0 Å². The van der Waals surface area contributed by atoms with Gasteiger partial charge in [-0.25, -0.2) is 4.98 Å². The molecular formula is C7H7N6+. The van der Waals surface area contributed by atoms with Crippen molar-refractivity contribution < 1.29 is 4.52 Å². The lowest BCUT2D eigenvalue weighted by Gasteiger charge is -1.83. The van der Waals surface area contributed by atoms with E-state index < -0.39 is 0 Å². The number of nitrogens with zero attached hydrogens (tertiary/aromatic N) is 6. The van der Waals surface area contributed by atoms with E-state index in [2.05, 4.69) is 15.1 Å². The quantitative estimate of drug-likeness (QED) is 0.420. The predicted molar refractivity (Wildman–Crippen MR) is 42.9 cm³/mol. The molecule has 0 fully saturated rings. The molecule has 0 saturated heterocycles. The molecule has 0 N–H and O–H groups in total. The van der Waals surface area contributed by atoms with Crippen LogP contribution in [-0.4, -0.2) is 24.5 Å². The average molecular weight is 175 g/mol. The van der Waals surface area contributed by atoms with Gasteiger partial charge in [0.1, 0.15) is 18.6 Å². The monoisotopic (exact) mass is 175 g/mol. The second-order valence-electron chi connectivity index (χ2n) is 2.75. The lowest BCUT2D eigenvalue weighted by molar-refractivity contribution is -0.603. The van der Waals surface area contributed by atoms with E-state index in [9.17, 15) is 0 Å². The van der Waals surface area contributed by atoms with Crippen molar-refractivity contribution >= 4 is 11.3 Å². The van der Waals surface area contributed by atoms with E-state index in [-0.39, 0.29) is 0 Å². The first kappa shape index (κ1) is 6.53. The first-order chi connectivity index (χ1) is 6.38. The first-order valence-corrected chi connectivity index (χ1v) is 3.89. The molecule has 13 heavy (non-hydrogen) atoms. The summed E-state index contributed by atoms with van der Waals surface area (Å²) < 4.78 is 5.37. The van der Waals surface area contributed by atoms with Crippen LogP contribution in [0.1, 0.15) is 0 Å². The Morgan fingerprint density at radius 3 is 3.00 bits per heavy atom. The second-order valence-corrected chi connectivity index (χ2v) is 2.75. The highest BCUT2D eigenvalue weighted by atomic mass is 15.7. The van der Waals surface area contributed by atoms with Crippen LogP contribution in [0.2, 0.25) is 0 Å². The third-order valence-electron chi connectivity index (χ3n) is 2.02. The highest BCUT2D eigenvalue weighted by molar-refractivity contribution is 5.59. The van der Waals surface area contributed by atoms with E-state index in [1.165, 1.54) is 0 Å². The van der Waals surface area contributed by atoms with Crippen LogP contribution in [0.4, 0.5) is 0 Å². The van der Waals surface area contributed by atoms with Gasteiger partial charge in [-0.2, -0.15) is 4.68 Å². The van der Waals surface area contributed by atoms with Gasteiger partial charge in [0.15, 0.2) is 0 Å². The predicted octanol–water partition coefficient (Wildman–Crippen LogP) is -0.799. The maximum atomic E-state index is 4.22. The summed E-state index contributed by atoms with van der Waals surface area (Å²) in [5.74, 6) is 0. The van der Waals surface area contributed by atoms with Crippen molar-refractivity contribution in [2.75, 3.05) is 0 Å². The van der Waals surface area contributed by atoms with Crippen molar-refractivity contribution in [3.05, 3.63) is 24.8 Å². The van der Waals surface area contributed by atoms with E-state index in [0.717, 1.165) is 11.3 Å². The number of hydrogen-bond acceptors (Lipinski definition) is 3. The third-order valence-corrected chi connectivity index (χ3v) is 2.02. The number of rotatable bonds is 0. The fourth-order valence-electron chi connectivity index (χ4n) is 1.44. The van der Waals surface area contributed by atoms with E-state index >= 15 is 0 Å². The van der Waals surface area contributed by atoms with Gasteiger partial charge in [0.05, 0.1) is 13.2 Å². The second kappa shape index (κ2) is 2.03. The average Bonchev–Trinajstić information content (AvgIpc) is 2.72. The Hall–Kier alpha value is -1.98. The van der Waals surface area contributed by atoms with Crippen LogP contribution in [0, 0.1) is 0 Å². The molecule has 0 spiro atoms. The summed E-state index contributed by atoms with van der Waals surface area (Å²) in [6, 6.07) is 0. The van der Waals surface area contributed by atoms with Gasteiger partial charge in [-0.3, -0.25) is 0 Å². The van der Waals surface area contributed by atoms with Crippen molar-refractivity contribution in [1.82, 2.24) is 24.5 Å². The minimum atomic E-state index is 0.808. The van der Waals surface area contributed by atoms with Crippen LogP contribution in [-0.2, 0) is 7.05 Å². The van der Waals surface area contributed by atoms with Crippen LogP contribution in [0.3, 0.4) is 0 Å². The lowest BCUT2D eigenvalue weighted by Crippen LogP contribution is -2.27. The summed E-state index contributed by atoms with van der Waals surface area (Å²) in [6.07, 6.45) is 6.90. The van der Waals surface area contributed by atoms with Crippen molar-refractivity contribution in [2.24, 2.45) is 7.05 Å². The largest absolute Gasteiger partial charge is 0.311 e. The molecule has 0 radical (unpaired) electrons. The van der Waals surface area contributed by atoms with Gasteiger partial charge < -0.3 is 0 Å². The molecule has 0 saturated carbocycles. The zero-order valence-electron chi connectivity index (χ0n) is 6.99. The molecule has 6 nitrogen and oxygen atoms in total. The highest BCUT2D eigenvalue weighted by Crippen LogP contribution is 1.99. The maximum absolute atomic E-state index is 4.22. The molecule has 0 atom stereocenters. The summed E-state index contributed by atoms with van der Waals surface area (Å²) in [7, 11) is 1.89. The number of hydrogen-bond donors (Lipinski definition) is 0. The van der Waals surface area contributed by atoms with Crippen LogP contribution in [0.25, 0.3) is 11.3 Å². The van der Waals surface area contributed by atoms with Gasteiger partial charge >= 0.3 is 5.65 Å². The van der Waals surface area contributed by atoms with Crippen LogP contribution in [0.15, 0.2) is 24.8 Å². The van der Waals surface area contributed by atoms with Crippen LogP contribution < -0.4 is 4.52 Å². The Balaban J connectivity index is 2.72.